The number of hydrogen-bond acceptors (Lipinski definition) is 3. The molecule has 0 aliphatic carbocycles. The topological polar surface area (TPSA) is 60.7 Å². The van der Waals surface area contributed by atoms with Crippen molar-refractivity contribution in [3.63, 3.8) is 0 Å². The summed E-state index contributed by atoms with van der Waals surface area (Å²) in [6.07, 6.45) is 0.594. The average molecular weight is 164 g/mol. The van der Waals surface area contributed by atoms with Gasteiger partial charge in [-0.2, -0.15) is 0 Å². The summed E-state index contributed by atoms with van der Waals surface area (Å²) < 4.78 is 0. The van der Waals surface area contributed by atoms with Crippen LogP contribution in [0.25, 0.3) is 0 Å². The zero-order valence-corrected chi connectivity index (χ0v) is 5.67. The molecule has 0 aliphatic rings. The van der Waals surface area contributed by atoms with Gasteiger partial charge < -0.3 is 15.3 Å². The summed E-state index contributed by atoms with van der Waals surface area (Å²) in [4.78, 5) is 0. The first-order valence-electron chi connectivity index (χ1n) is 3.07. The van der Waals surface area contributed by atoms with E-state index in [2.05, 4.69) is 0 Å². The maximum atomic E-state index is 8.66. The summed E-state index contributed by atoms with van der Waals surface area (Å²) in [5, 5.41) is 26.0. The molecule has 0 aliphatic heterocycles. The first-order valence-corrected chi connectivity index (χ1v) is 3.07. The Labute approximate surface area is 71.8 Å². The molecule has 10 heavy (non-hydrogen) atoms. The van der Waals surface area contributed by atoms with Gasteiger partial charge >= 0.3 is 0 Å². The minimum atomic E-state index is -0.667. The molecule has 0 fully saturated rings. The molecule has 62 valence electrons. The Bertz CT molecular complexity index is 55.9. The van der Waals surface area contributed by atoms with Crippen LogP contribution < -0.4 is 0 Å². The van der Waals surface area contributed by atoms with Crippen LogP contribution in [-0.4, -0.2) is 52.5 Å². The summed E-state index contributed by atoms with van der Waals surface area (Å²) in [5.74, 6) is 0. The lowest BCUT2D eigenvalue weighted by Gasteiger charge is -2.24. The van der Waals surface area contributed by atoms with Crippen molar-refractivity contribution in [2.45, 2.75) is 13.3 Å². The second-order valence-electron chi connectivity index (χ2n) is 2.33. The number of hydrogen-bond donors (Lipinski definition) is 3. The maximum Gasteiger partial charge on any atom is 0.187 e. The van der Waals surface area contributed by atoms with E-state index >= 15 is 0 Å². The molecule has 0 saturated carbocycles. The van der Waals surface area contributed by atoms with Gasteiger partial charge in [0.05, 0.1) is 19.8 Å². The molecule has 0 heterocycles. The van der Waals surface area contributed by atoms with Crippen LogP contribution >= 0.6 is 0 Å². The molecule has 4 heteroatoms. The smallest absolute Gasteiger partial charge is 0.187 e. The van der Waals surface area contributed by atoms with E-state index in [1.807, 2.05) is 6.92 Å². The van der Waals surface area contributed by atoms with Crippen LogP contribution in [0.5, 0.6) is 0 Å². The molecule has 0 aromatic carbocycles. The van der Waals surface area contributed by atoms with Gasteiger partial charge in [-0.25, -0.2) is 0 Å². The molecule has 3 nitrogen and oxygen atoms in total. The van der Waals surface area contributed by atoms with Crippen molar-refractivity contribution in [3.8, 4) is 0 Å². The lowest BCUT2D eigenvalue weighted by molar-refractivity contribution is 0.00304. The van der Waals surface area contributed by atoms with Crippen molar-refractivity contribution < 1.29 is 15.3 Å². The van der Waals surface area contributed by atoms with E-state index < -0.39 is 5.41 Å². The first kappa shape index (κ1) is 13.0. The summed E-state index contributed by atoms with van der Waals surface area (Å²) >= 11 is 0. The molecule has 3 N–H and O–H groups in total. The lowest BCUT2D eigenvalue weighted by atomic mass is 9.88. The standard InChI is InChI=1S/C6H14O3.Al.3H/c1-2-6(3-7,4-8)5-9;;;;/h7-9H,2-5H2,1H3;;;;. The van der Waals surface area contributed by atoms with Gasteiger partial charge in [0.25, 0.3) is 0 Å². The van der Waals surface area contributed by atoms with Crippen LogP contribution in [0.2, 0.25) is 0 Å². The fourth-order valence-corrected chi connectivity index (χ4v) is 0.485. The summed E-state index contributed by atoms with van der Waals surface area (Å²) in [6.45, 7) is 1.35. The quantitative estimate of drug-likeness (QED) is 0.429. The molecule has 0 spiro atoms. The third-order valence-electron chi connectivity index (χ3n) is 1.76. The van der Waals surface area contributed by atoms with Gasteiger partial charge in [0.1, 0.15) is 0 Å². The van der Waals surface area contributed by atoms with Gasteiger partial charge in [-0.05, 0) is 6.42 Å². The Balaban J connectivity index is 0. The van der Waals surface area contributed by atoms with Gasteiger partial charge in [-0.15, -0.1) is 0 Å². The molecule has 0 amide bonds. The second kappa shape index (κ2) is 6.14. The van der Waals surface area contributed by atoms with E-state index in [1.165, 1.54) is 0 Å². The van der Waals surface area contributed by atoms with Gasteiger partial charge in [0, 0.05) is 5.41 Å². The minimum Gasteiger partial charge on any atom is -0.396 e. The van der Waals surface area contributed by atoms with Crippen molar-refractivity contribution in [1.82, 2.24) is 0 Å². The fourth-order valence-electron chi connectivity index (χ4n) is 0.485. The largest absolute Gasteiger partial charge is 0.396 e. The van der Waals surface area contributed by atoms with Gasteiger partial charge in [-0.1, -0.05) is 6.92 Å². The molecule has 0 aromatic heterocycles. The lowest BCUT2D eigenvalue weighted by Crippen LogP contribution is -2.32. The molecule has 0 radical (unpaired) electrons. The molecular weight excluding hydrogens is 147 g/mol. The molecule has 0 rings (SSSR count). The third-order valence-corrected chi connectivity index (χ3v) is 1.76. The zero-order valence-electron chi connectivity index (χ0n) is 5.67. The number of rotatable bonds is 4. The van der Waals surface area contributed by atoms with E-state index in [0.717, 1.165) is 0 Å². The highest BCUT2D eigenvalue weighted by Crippen LogP contribution is 2.18. The first-order chi connectivity index (χ1) is 4.24. The molecule has 0 bridgehead atoms. The van der Waals surface area contributed by atoms with Crippen molar-refractivity contribution in [1.29, 1.82) is 0 Å². The molecule has 0 atom stereocenters. The molecule has 0 unspecified atom stereocenters. The third kappa shape index (κ3) is 3.00. The highest BCUT2D eigenvalue weighted by atomic mass is 27.0. The monoisotopic (exact) mass is 164 g/mol. The summed E-state index contributed by atoms with van der Waals surface area (Å²) in [5.41, 5.74) is -0.667. The van der Waals surface area contributed by atoms with E-state index in [9.17, 15) is 0 Å². The minimum absolute atomic E-state index is 0. The molecular formula is C6H17AlO3. The van der Waals surface area contributed by atoms with Crippen molar-refractivity contribution in [2.24, 2.45) is 5.41 Å². The van der Waals surface area contributed by atoms with Crippen molar-refractivity contribution >= 4 is 17.4 Å². The average Bonchev–Trinajstić information content (AvgIpc) is 1.95. The second-order valence-corrected chi connectivity index (χ2v) is 2.33. The van der Waals surface area contributed by atoms with Gasteiger partial charge in [0.15, 0.2) is 17.4 Å². The number of aliphatic hydroxyl groups is 3. The SMILES string of the molecule is CCC(CO)(CO)CO.[AlH3]. The highest BCUT2D eigenvalue weighted by Gasteiger charge is 2.24. The van der Waals surface area contributed by atoms with Crippen LogP contribution in [0.1, 0.15) is 13.3 Å². The Kier molecular flexibility index (Phi) is 8.01. The summed E-state index contributed by atoms with van der Waals surface area (Å²) in [7, 11) is 0. The van der Waals surface area contributed by atoms with E-state index in [1.54, 1.807) is 0 Å². The maximum absolute atomic E-state index is 8.66. The van der Waals surface area contributed by atoms with Crippen LogP contribution in [-0.2, 0) is 0 Å². The van der Waals surface area contributed by atoms with Crippen LogP contribution in [0.15, 0.2) is 0 Å². The van der Waals surface area contributed by atoms with Crippen LogP contribution in [0.4, 0.5) is 0 Å². The predicted octanol–water partition coefficient (Wildman–Crippen LogP) is -1.82. The number of aliphatic hydroxyl groups excluding tert-OH is 3. The zero-order chi connectivity index (χ0) is 7.33. The Morgan fingerprint density at radius 3 is 1.30 bits per heavy atom. The highest BCUT2D eigenvalue weighted by molar-refractivity contribution is 5.75. The fraction of sp³-hybridized carbons (Fsp3) is 1.00. The van der Waals surface area contributed by atoms with E-state index in [-0.39, 0.29) is 37.2 Å². The van der Waals surface area contributed by atoms with Crippen LogP contribution in [0.3, 0.4) is 0 Å². The Morgan fingerprint density at radius 2 is 1.30 bits per heavy atom. The van der Waals surface area contributed by atoms with Gasteiger partial charge in [0.2, 0.25) is 0 Å². The van der Waals surface area contributed by atoms with E-state index in [4.69, 9.17) is 15.3 Å². The van der Waals surface area contributed by atoms with E-state index in [0.29, 0.717) is 6.42 Å². The Morgan fingerprint density at radius 1 is 1.00 bits per heavy atom. The molecule has 0 saturated heterocycles. The Hall–Kier alpha value is 0.412. The normalized spacial score (nSPS) is 10.8. The van der Waals surface area contributed by atoms with Crippen molar-refractivity contribution in [3.05, 3.63) is 0 Å². The predicted molar refractivity (Wildman–Crippen MR) is 43.9 cm³/mol. The van der Waals surface area contributed by atoms with Crippen LogP contribution in [0, 0.1) is 5.41 Å². The molecule has 0 aromatic rings. The van der Waals surface area contributed by atoms with Gasteiger partial charge in [-0.3, -0.25) is 0 Å². The summed E-state index contributed by atoms with van der Waals surface area (Å²) in [6, 6.07) is 0. The van der Waals surface area contributed by atoms with Crippen molar-refractivity contribution in [2.75, 3.05) is 19.8 Å².